The standard InChI is InChI=1S/C7H7N3O2S2/c8-7-5-3-4(14(9,11)12)1-2-6(5)10-13-7/h1-3H,8H2,(H2,9,11,12). The first-order valence-corrected chi connectivity index (χ1v) is 5.98. The van der Waals surface area contributed by atoms with Gasteiger partial charge in [0, 0.05) is 5.39 Å². The normalized spacial score (nSPS) is 12.1. The number of anilines is 1. The molecule has 2 rings (SSSR count). The van der Waals surface area contributed by atoms with Crippen molar-refractivity contribution in [3.8, 4) is 0 Å². The Balaban J connectivity index is 2.79. The molecule has 0 aliphatic carbocycles. The van der Waals surface area contributed by atoms with Crippen molar-refractivity contribution in [1.82, 2.24) is 4.37 Å². The first kappa shape index (κ1) is 9.38. The van der Waals surface area contributed by atoms with Crippen LogP contribution in [0.2, 0.25) is 0 Å². The highest BCUT2D eigenvalue weighted by Crippen LogP contribution is 2.26. The Bertz CT molecular complexity index is 588. The van der Waals surface area contributed by atoms with E-state index in [0.717, 1.165) is 11.5 Å². The van der Waals surface area contributed by atoms with Crippen LogP contribution in [0.25, 0.3) is 10.9 Å². The van der Waals surface area contributed by atoms with Crippen LogP contribution in [-0.2, 0) is 10.0 Å². The molecule has 7 heteroatoms. The van der Waals surface area contributed by atoms with Gasteiger partial charge in [0.2, 0.25) is 10.0 Å². The van der Waals surface area contributed by atoms with Gasteiger partial charge in [-0.3, -0.25) is 0 Å². The summed E-state index contributed by atoms with van der Waals surface area (Å²) in [6, 6.07) is 4.43. The van der Waals surface area contributed by atoms with Crippen LogP contribution >= 0.6 is 11.5 Å². The molecule has 0 fully saturated rings. The Morgan fingerprint density at radius 2 is 2.07 bits per heavy atom. The number of hydrogen-bond acceptors (Lipinski definition) is 5. The molecule has 5 nitrogen and oxygen atoms in total. The fourth-order valence-electron chi connectivity index (χ4n) is 1.12. The van der Waals surface area contributed by atoms with Gasteiger partial charge >= 0.3 is 0 Å². The van der Waals surface area contributed by atoms with E-state index in [2.05, 4.69) is 4.37 Å². The van der Waals surface area contributed by atoms with E-state index < -0.39 is 10.0 Å². The zero-order valence-electron chi connectivity index (χ0n) is 6.97. The Kier molecular flexibility index (Phi) is 1.95. The minimum absolute atomic E-state index is 0.0527. The highest BCUT2D eigenvalue weighted by atomic mass is 32.2. The maximum atomic E-state index is 11.0. The number of nitrogen functional groups attached to an aromatic ring is 1. The van der Waals surface area contributed by atoms with Gasteiger partial charge in [0.05, 0.1) is 10.4 Å². The molecule has 1 heterocycles. The molecule has 0 bridgehead atoms. The Morgan fingerprint density at radius 1 is 1.36 bits per heavy atom. The van der Waals surface area contributed by atoms with Gasteiger partial charge in [-0.15, -0.1) is 0 Å². The van der Waals surface area contributed by atoms with Crippen molar-refractivity contribution >= 4 is 37.5 Å². The van der Waals surface area contributed by atoms with Crippen molar-refractivity contribution in [2.45, 2.75) is 4.90 Å². The summed E-state index contributed by atoms with van der Waals surface area (Å²) >= 11 is 1.13. The summed E-state index contributed by atoms with van der Waals surface area (Å²) in [4.78, 5) is 0.0527. The zero-order valence-corrected chi connectivity index (χ0v) is 8.60. The van der Waals surface area contributed by atoms with E-state index in [9.17, 15) is 8.42 Å². The predicted octanol–water partition coefficient (Wildman–Crippen LogP) is 0.526. The predicted molar refractivity (Wildman–Crippen MR) is 55.4 cm³/mol. The summed E-state index contributed by atoms with van der Waals surface area (Å²) in [7, 11) is -3.67. The maximum absolute atomic E-state index is 11.0. The van der Waals surface area contributed by atoms with Gasteiger partial charge in [-0.1, -0.05) is 0 Å². The lowest BCUT2D eigenvalue weighted by Gasteiger charge is -1.97. The van der Waals surface area contributed by atoms with Crippen LogP contribution < -0.4 is 10.9 Å². The number of aromatic nitrogens is 1. The minimum atomic E-state index is -3.67. The molecule has 14 heavy (non-hydrogen) atoms. The lowest BCUT2D eigenvalue weighted by Crippen LogP contribution is -2.11. The molecule has 0 saturated heterocycles. The lowest BCUT2D eigenvalue weighted by molar-refractivity contribution is 0.598. The molecule has 1 aromatic heterocycles. The van der Waals surface area contributed by atoms with Crippen molar-refractivity contribution < 1.29 is 8.42 Å². The summed E-state index contributed by atoms with van der Waals surface area (Å²) in [6.45, 7) is 0. The molecule has 0 saturated carbocycles. The second-order valence-corrected chi connectivity index (χ2v) is 5.14. The van der Waals surface area contributed by atoms with Gasteiger partial charge < -0.3 is 5.73 Å². The first-order valence-electron chi connectivity index (χ1n) is 3.66. The first-order chi connectivity index (χ1) is 6.48. The largest absolute Gasteiger partial charge is 0.389 e. The van der Waals surface area contributed by atoms with Gasteiger partial charge in [0.1, 0.15) is 5.00 Å². The number of rotatable bonds is 1. The maximum Gasteiger partial charge on any atom is 0.238 e. The SMILES string of the molecule is Nc1snc2ccc(S(N)(=O)=O)cc12. The van der Waals surface area contributed by atoms with Crippen LogP contribution in [-0.4, -0.2) is 12.8 Å². The average Bonchev–Trinajstić information content (AvgIpc) is 2.46. The molecule has 2 aromatic rings. The lowest BCUT2D eigenvalue weighted by atomic mass is 10.2. The topological polar surface area (TPSA) is 99.1 Å². The van der Waals surface area contributed by atoms with Crippen LogP contribution in [0.15, 0.2) is 23.1 Å². The number of primary sulfonamides is 1. The van der Waals surface area contributed by atoms with Crippen LogP contribution in [0.5, 0.6) is 0 Å². The molecule has 4 N–H and O–H groups in total. The van der Waals surface area contributed by atoms with E-state index in [-0.39, 0.29) is 4.90 Å². The summed E-state index contributed by atoms with van der Waals surface area (Å²) in [5.41, 5.74) is 6.29. The van der Waals surface area contributed by atoms with Crippen LogP contribution in [0.1, 0.15) is 0 Å². The fourth-order valence-corrected chi connectivity index (χ4v) is 2.27. The van der Waals surface area contributed by atoms with Gasteiger partial charge in [-0.25, -0.2) is 13.6 Å². The van der Waals surface area contributed by atoms with E-state index in [1.54, 1.807) is 6.07 Å². The Hall–Kier alpha value is -1.18. The van der Waals surface area contributed by atoms with Crippen molar-refractivity contribution in [2.75, 3.05) is 5.73 Å². The highest BCUT2D eigenvalue weighted by Gasteiger charge is 2.10. The van der Waals surface area contributed by atoms with Crippen LogP contribution in [0, 0.1) is 0 Å². The average molecular weight is 229 g/mol. The van der Waals surface area contributed by atoms with Crippen molar-refractivity contribution in [2.24, 2.45) is 5.14 Å². The number of nitrogens with zero attached hydrogens (tertiary/aromatic N) is 1. The van der Waals surface area contributed by atoms with Gasteiger partial charge in [0.15, 0.2) is 0 Å². The van der Waals surface area contributed by atoms with E-state index in [0.29, 0.717) is 15.9 Å². The smallest absolute Gasteiger partial charge is 0.238 e. The Labute approximate surface area is 84.6 Å². The van der Waals surface area contributed by atoms with Crippen LogP contribution in [0.4, 0.5) is 5.00 Å². The number of hydrogen-bond donors (Lipinski definition) is 2. The Morgan fingerprint density at radius 3 is 2.71 bits per heavy atom. The summed E-state index contributed by atoms with van der Waals surface area (Å²) < 4.78 is 26.1. The second-order valence-electron chi connectivity index (χ2n) is 2.77. The number of fused-ring (bicyclic) bond motifs is 1. The quantitative estimate of drug-likeness (QED) is 0.744. The van der Waals surface area contributed by atoms with E-state index >= 15 is 0 Å². The number of sulfonamides is 1. The second kappa shape index (κ2) is 2.91. The summed E-state index contributed by atoms with van der Waals surface area (Å²) in [5, 5.41) is 6.10. The number of benzene rings is 1. The molecule has 0 aliphatic heterocycles. The van der Waals surface area contributed by atoms with Gasteiger partial charge in [-0.05, 0) is 29.7 Å². The molecule has 0 atom stereocenters. The summed E-state index contributed by atoms with van der Waals surface area (Å²) in [5.74, 6) is 0. The third kappa shape index (κ3) is 1.45. The highest BCUT2D eigenvalue weighted by molar-refractivity contribution is 7.89. The molecule has 0 spiro atoms. The third-order valence-corrected chi connectivity index (χ3v) is 3.42. The third-order valence-electron chi connectivity index (χ3n) is 1.80. The molecule has 74 valence electrons. The molecule has 0 aliphatic rings. The summed E-state index contributed by atoms with van der Waals surface area (Å²) in [6.07, 6.45) is 0. The van der Waals surface area contributed by atoms with Crippen LogP contribution in [0.3, 0.4) is 0 Å². The van der Waals surface area contributed by atoms with Crippen molar-refractivity contribution in [3.05, 3.63) is 18.2 Å². The van der Waals surface area contributed by atoms with E-state index in [4.69, 9.17) is 10.9 Å². The molecular weight excluding hydrogens is 222 g/mol. The van der Waals surface area contributed by atoms with E-state index in [1.807, 2.05) is 0 Å². The van der Waals surface area contributed by atoms with Gasteiger partial charge in [0.25, 0.3) is 0 Å². The molecule has 0 radical (unpaired) electrons. The molecular formula is C7H7N3O2S2. The minimum Gasteiger partial charge on any atom is -0.389 e. The number of nitrogens with two attached hydrogens (primary N) is 2. The van der Waals surface area contributed by atoms with Crippen molar-refractivity contribution in [3.63, 3.8) is 0 Å². The molecule has 0 unspecified atom stereocenters. The zero-order chi connectivity index (χ0) is 10.3. The van der Waals surface area contributed by atoms with Crippen molar-refractivity contribution in [1.29, 1.82) is 0 Å². The monoisotopic (exact) mass is 229 g/mol. The van der Waals surface area contributed by atoms with Gasteiger partial charge in [-0.2, -0.15) is 4.37 Å². The molecule has 1 aromatic carbocycles. The fraction of sp³-hybridized carbons (Fsp3) is 0. The molecule has 0 amide bonds. The van der Waals surface area contributed by atoms with E-state index in [1.165, 1.54) is 12.1 Å².